The molecule has 0 amide bonds. The second-order valence-corrected chi connectivity index (χ2v) is 6.54. The molecule has 2 aromatic rings. The van der Waals surface area contributed by atoms with Gasteiger partial charge in [0.1, 0.15) is 6.54 Å². The van der Waals surface area contributed by atoms with Crippen LogP contribution in [0.1, 0.15) is 38.9 Å². The van der Waals surface area contributed by atoms with Crippen molar-refractivity contribution in [3.8, 4) is 0 Å². The van der Waals surface area contributed by atoms with Gasteiger partial charge < -0.3 is 15.4 Å². The van der Waals surface area contributed by atoms with Gasteiger partial charge in [0.25, 0.3) is 0 Å². The maximum Gasteiger partial charge on any atom is 0.191 e. The summed E-state index contributed by atoms with van der Waals surface area (Å²) >= 11 is 0. The van der Waals surface area contributed by atoms with Crippen LogP contribution in [0.5, 0.6) is 0 Å². The summed E-state index contributed by atoms with van der Waals surface area (Å²) in [6.45, 7) is 8.02. The summed E-state index contributed by atoms with van der Waals surface area (Å²) in [5, 5.41) is 15.2. The number of aliphatic imine (C=N–C) groups is 1. The molecule has 1 fully saturated rings. The highest BCUT2D eigenvalue weighted by atomic mass is 16.5. The number of nitrogens with zero attached hydrogens (tertiary/aromatic N) is 4. The Bertz CT molecular complexity index is 706. The molecule has 1 aliphatic rings. The number of hydrogen-bond donors (Lipinski definition) is 2. The molecule has 0 unspecified atom stereocenters. The summed E-state index contributed by atoms with van der Waals surface area (Å²) in [7, 11) is 0. The average Bonchev–Trinajstić information content (AvgIpc) is 3.28. The molecule has 2 heterocycles. The van der Waals surface area contributed by atoms with Gasteiger partial charge in [0.05, 0.1) is 0 Å². The number of guanidine groups is 1. The Morgan fingerprint density at radius 3 is 2.92 bits per heavy atom. The van der Waals surface area contributed by atoms with Crippen molar-refractivity contribution in [1.29, 1.82) is 0 Å². The quantitative estimate of drug-likeness (QED) is 0.413. The van der Waals surface area contributed by atoms with E-state index in [2.05, 4.69) is 32.7 Å². The molecule has 2 aromatic heterocycles. The predicted octanol–water partition coefficient (Wildman–Crippen LogP) is 1.99. The lowest BCUT2D eigenvalue weighted by molar-refractivity contribution is 0.128. The molecule has 0 aliphatic heterocycles. The molecule has 0 spiro atoms. The highest BCUT2D eigenvalue weighted by Crippen LogP contribution is 2.48. The van der Waals surface area contributed by atoms with E-state index in [-0.39, 0.29) is 0 Å². The van der Waals surface area contributed by atoms with Gasteiger partial charge in [-0.05, 0) is 50.7 Å². The van der Waals surface area contributed by atoms with Crippen LogP contribution < -0.4 is 10.6 Å². The molecular weight excluding hydrogens is 316 g/mol. The van der Waals surface area contributed by atoms with Gasteiger partial charge >= 0.3 is 0 Å². The highest BCUT2D eigenvalue weighted by Gasteiger charge is 2.41. The standard InChI is InChI=1S/C18H28N6O/c1-3-19-17(21-14-18(8-9-18)10-12-25-4-2)20-13-16-23-22-15-7-5-6-11-24(15)16/h5-7,11H,3-4,8-10,12-14H2,1-2H3,(H2,19,20,21). The molecule has 2 N–H and O–H groups in total. The number of hydrogen-bond acceptors (Lipinski definition) is 4. The van der Waals surface area contributed by atoms with Crippen LogP contribution in [0.4, 0.5) is 0 Å². The van der Waals surface area contributed by atoms with Crippen molar-refractivity contribution >= 4 is 11.6 Å². The first-order chi connectivity index (χ1) is 12.3. The Hall–Kier alpha value is -2.15. The van der Waals surface area contributed by atoms with Crippen LogP contribution in [0.15, 0.2) is 29.4 Å². The Kier molecular flexibility index (Phi) is 5.86. The number of fused-ring (bicyclic) bond motifs is 1. The summed E-state index contributed by atoms with van der Waals surface area (Å²) in [6.07, 6.45) is 5.61. The SMILES string of the molecule is CCNC(=NCc1nnc2ccccn12)NCC1(CCOCC)CC1. The predicted molar refractivity (Wildman–Crippen MR) is 98.6 cm³/mol. The maximum absolute atomic E-state index is 5.51. The molecule has 1 saturated carbocycles. The van der Waals surface area contributed by atoms with E-state index in [1.54, 1.807) is 0 Å². The van der Waals surface area contributed by atoms with E-state index in [0.717, 1.165) is 50.2 Å². The fourth-order valence-corrected chi connectivity index (χ4v) is 2.89. The van der Waals surface area contributed by atoms with Gasteiger partial charge in [-0.3, -0.25) is 4.40 Å². The molecule has 0 bridgehead atoms. The van der Waals surface area contributed by atoms with Crippen LogP contribution in [0.2, 0.25) is 0 Å². The van der Waals surface area contributed by atoms with Gasteiger partial charge in [0.2, 0.25) is 0 Å². The van der Waals surface area contributed by atoms with Gasteiger partial charge in [-0.1, -0.05) is 6.07 Å². The fraction of sp³-hybridized carbons (Fsp3) is 0.611. The van der Waals surface area contributed by atoms with E-state index in [4.69, 9.17) is 4.74 Å². The normalized spacial score (nSPS) is 16.2. The Morgan fingerprint density at radius 1 is 1.28 bits per heavy atom. The van der Waals surface area contributed by atoms with Crippen LogP contribution in [0, 0.1) is 5.41 Å². The molecule has 25 heavy (non-hydrogen) atoms. The Labute approximate surface area is 148 Å². The average molecular weight is 344 g/mol. The molecule has 7 heteroatoms. The van der Waals surface area contributed by atoms with Gasteiger partial charge in [0, 0.05) is 32.5 Å². The van der Waals surface area contributed by atoms with Crippen molar-refractivity contribution in [1.82, 2.24) is 25.2 Å². The first-order valence-electron chi connectivity index (χ1n) is 9.15. The smallest absolute Gasteiger partial charge is 0.191 e. The molecule has 0 radical (unpaired) electrons. The molecule has 1 aliphatic carbocycles. The zero-order valence-electron chi connectivity index (χ0n) is 15.2. The molecule has 0 atom stereocenters. The number of nitrogens with one attached hydrogen (secondary N) is 2. The maximum atomic E-state index is 5.51. The highest BCUT2D eigenvalue weighted by molar-refractivity contribution is 5.79. The van der Waals surface area contributed by atoms with Crippen LogP contribution in [0.3, 0.4) is 0 Å². The van der Waals surface area contributed by atoms with Crippen LogP contribution in [-0.4, -0.2) is 46.9 Å². The summed E-state index contributed by atoms with van der Waals surface area (Å²) < 4.78 is 7.48. The van der Waals surface area contributed by atoms with E-state index in [1.165, 1.54) is 12.8 Å². The van der Waals surface area contributed by atoms with Crippen LogP contribution in [0.25, 0.3) is 5.65 Å². The molecule has 0 aromatic carbocycles. The van der Waals surface area contributed by atoms with E-state index in [0.29, 0.717) is 12.0 Å². The second kappa shape index (κ2) is 8.29. The number of pyridine rings is 1. The lowest BCUT2D eigenvalue weighted by atomic mass is 10.0. The zero-order valence-corrected chi connectivity index (χ0v) is 15.2. The molecule has 3 rings (SSSR count). The van der Waals surface area contributed by atoms with Crippen molar-refractivity contribution in [3.63, 3.8) is 0 Å². The fourth-order valence-electron chi connectivity index (χ4n) is 2.89. The third kappa shape index (κ3) is 4.69. The largest absolute Gasteiger partial charge is 0.382 e. The molecule has 7 nitrogen and oxygen atoms in total. The zero-order chi connectivity index (χ0) is 17.5. The summed E-state index contributed by atoms with van der Waals surface area (Å²) in [4.78, 5) is 4.67. The molecule has 0 saturated heterocycles. The molecule has 136 valence electrons. The van der Waals surface area contributed by atoms with Gasteiger partial charge in [-0.2, -0.15) is 0 Å². The van der Waals surface area contributed by atoms with Crippen molar-refractivity contribution in [2.45, 2.75) is 39.7 Å². The van der Waals surface area contributed by atoms with Crippen LogP contribution >= 0.6 is 0 Å². The Morgan fingerprint density at radius 2 is 2.16 bits per heavy atom. The van der Waals surface area contributed by atoms with Gasteiger partial charge in [-0.15, -0.1) is 10.2 Å². The van der Waals surface area contributed by atoms with Gasteiger partial charge in [-0.25, -0.2) is 4.99 Å². The van der Waals surface area contributed by atoms with Crippen molar-refractivity contribution in [2.24, 2.45) is 10.4 Å². The van der Waals surface area contributed by atoms with E-state index in [9.17, 15) is 0 Å². The Balaban J connectivity index is 1.58. The summed E-state index contributed by atoms with van der Waals surface area (Å²) in [5.74, 6) is 1.67. The molecular formula is C18H28N6O. The second-order valence-electron chi connectivity index (χ2n) is 6.54. The third-order valence-corrected chi connectivity index (χ3v) is 4.68. The summed E-state index contributed by atoms with van der Waals surface area (Å²) in [6, 6.07) is 5.88. The van der Waals surface area contributed by atoms with Crippen molar-refractivity contribution in [3.05, 3.63) is 30.2 Å². The van der Waals surface area contributed by atoms with E-state index in [1.807, 2.05) is 35.7 Å². The van der Waals surface area contributed by atoms with Gasteiger partial charge in [0.15, 0.2) is 17.4 Å². The topological polar surface area (TPSA) is 75.8 Å². The van der Waals surface area contributed by atoms with E-state index < -0.39 is 0 Å². The number of aromatic nitrogens is 3. The first-order valence-corrected chi connectivity index (χ1v) is 9.15. The lowest BCUT2D eigenvalue weighted by Gasteiger charge is -2.18. The first kappa shape index (κ1) is 17.7. The lowest BCUT2D eigenvalue weighted by Crippen LogP contribution is -2.40. The third-order valence-electron chi connectivity index (χ3n) is 4.68. The van der Waals surface area contributed by atoms with Crippen LogP contribution in [-0.2, 0) is 11.3 Å². The minimum absolute atomic E-state index is 0.382. The number of ether oxygens (including phenoxy) is 1. The minimum atomic E-state index is 0.382. The number of rotatable bonds is 9. The summed E-state index contributed by atoms with van der Waals surface area (Å²) in [5.41, 5.74) is 1.23. The van der Waals surface area contributed by atoms with Crippen molar-refractivity contribution in [2.75, 3.05) is 26.3 Å². The minimum Gasteiger partial charge on any atom is -0.382 e. The monoisotopic (exact) mass is 344 g/mol. The van der Waals surface area contributed by atoms with E-state index >= 15 is 0 Å². The van der Waals surface area contributed by atoms with Crippen molar-refractivity contribution < 1.29 is 4.74 Å².